The Hall–Kier alpha value is -1.63. The SMILES string of the molecule is O=C(Nc1cc2c(cc1Cl)OCCO2)C(F)(F)F. The van der Waals surface area contributed by atoms with E-state index in [1.165, 1.54) is 12.1 Å². The minimum Gasteiger partial charge on any atom is -0.486 e. The molecule has 8 heteroatoms. The number of ether oxygens (including phenoxy) is 2. The summed E-state index contributed by atoms with van der Waals surface area (Å²) < 4.78 is 46.6. The first kappa shape index (κ1) is 12.8. The van der Waals surface area contributed by atoms with Gasteiger partial charge >= 0.3 is 12.1 Å². The van der Waals surface area contributed by atoms with Gasteiger partial charge in [0.05, 0.1) is 10.7 Å². The monoisotopic (exact) mass is 281 g/mol. The number of amides is 1. The van der Waals surface area contributed by atoms with Crippen LogP contribution in [0, 0.1) is 0 Å². The third kappa shape index (κ3) is 2.61. The molecule has 4 nitrogen and oxygen atoms in total. The number of rotatable bonds is 1. The van der Waals surface area contributed by atoms with Crippen LogP contribution in [0.4, 0.5) is 18.9 Å². The number of carbonyl (C=O) groups excluding carboxylic acids is 1. The lowest BCUT2D eigenvalue weighted by Gasteiger charge is -2.20. The lowest BCUT2D eigenvalue weighted by molar-refractivity contribution is -0.167. The van der Waals surface area contributed by atoms with Gasteiger partial charge in [-0.2, -0.15) is 13.2 Å². The van der Waals surface area contributed by atoms with Gasteiger partial charge in [0.2, 0.25) is 0 Å². The largest absolute Gasteiger partial charge is 0.486 e. The molecule has 0 atom stereocenters. The molecule has 0 saturated heterocycles. The van der Waals surface area contributed by atoms with E-state index in [9.17, 15) is 18.0 Å². The molecule has 2 rings (SSSR count). The van der Waals surface area contributed by atoms with Crippen LogP contribution in [0.5, 0.6) is 11.5 Å². The van der Waals surface area contributed by atoms with Crippen LogP contribution < -0.4 is 14.8 Å². The molecule has 0 radical (unpaired) electrons. The van der Waals surface area contributed by atoms with Crippen molar-refractivity contribution in [3.05, 3.63) is 17.2 Å². The molecule has 0 bridgehead atoms. The fourth-order valence-corrected chi connectivity index (χ4v) is 1.55. The van der Waals surface area contributed by atoms with Crippen molar-refractivity contribution in [2.24, 2.45) is 0 Å². The van der Waals surface area contributed by atoms with Crippen LogP contribution in [-0.2, 0) is 4.79 Å². The molecule has 1 aliphatic rings. The maximum Gasteiger partial charge on any atom is 0.471 e. The van der Waals surface area contributed by atoms with Crippen LogP contribution in [-0.4, -0.2) is 25.3 Å². The van der Waals surface area contributed by atoms with Crippen molar-refractivity contribution in [2.75, 3.05) is 18.5 Å². The van der Waals surface area contributed by atoms with Gasteiger partial charge < -0.3 is 14.8 Å². The lowest BCUT2D eigenvalue weighted by Crippen LogP contribution is -2.30. The standard InChI is InChI=1S/C10H7ClF3NO3/c11-5-3-7-8(18-2-1-17-7)4-6(5)15-9(16)10(12,13)14/h3-4H,1-2H2,(H,15,16). The molecule has 98 valence electrons. The number of alkyl halides is 3. The fourth-order valence-electron chi connectivity index (χ4n) is 1.35. The summed E-state index contributed by atoms with van der Waals surface area (Å²) in [5, 5.41) is 1.61. The number of benzene rings is 1. The summed E-state index contributed by atoms with van der Waals surface area (Å²) in [6, 6.07) is 2.49. The second-order valence-corrected chi connectivity index (χ2v) is 3.83. The van der Waals surface area contributed by atoms with Crippen molar-refractivity contribution in [1.29, 1.82) is 0 Å². The summed E-state index contributed by atoms with van der Waals surface area (Å²) in [7, 11) is 0. The Labute approximate surface area is 105 Å². The maximum absolute atomic E-state index is 12.1. The van der Waals surface area contributed by atoms with Crippen LogP contribution in [0.1, 0.15) is 0 Å². The Morgan fingerprint density at radius 2 is 1.78 bits per heavy atom. The van der Waals surface area contributed by atoms with E-state index in [1.54, 1.807) is 5.32 Å². The predicted octanol–water partition coefficient (Wildman–Crippen LogP) is 2.61. The number of nitrogens with one attached hydrogen (secondary N) is 1. The lowest BCUT2D eigenvalue weighted by atomic mass is 10.2. The number of carbonyl (C=O) groups is 1. The Morgan fingerprint density at radius 3 is 2.33 bits per heavy atom. The van der Waals surface area contributed by atoms with E-state index in [1.807, 2.05) is 0 Å². The van der Waals surface area contributed by atoms with Gasteiger partial charge in [0.25, 0.3) is 0 Å². The first-order chi connectivity index (χ1) is 8.38. The number of hydrogen-bond donors (Lipinski definition) is 1. The molecule has 1 N–H and O–H groups in total. The van der Waals surface area contributed by atoms with Crippen molar-refractivity contribution in [3.8, 4) is 11.5 Å². The average Bonchev–Trinajstić information content (AvgIpc) is 2.28. The van der Waals surface area contributed by atoms with Crippen molar-refractivity contribution in [1.82, 2.24) is 0 Å². The second kappa shape index (κ2) is 4.56. The molecule has 0 fully saturated rings. The predicted molar refractivity (Wildman–Crippen MR) is 57.1 cm³/mol. The average molecular weight is 282 g/mol. The van der Waals surface area contributed by atoms with Crippen LogP contribution in [0.2, 0.25) is 5.02 Å². The molecule has 18 heavy (non-hydrogen) atoms. The highest BCUT2D eigenvalue weighted by Gasteiger charge is 2.39. The molecule has 0 spiro atoms. The summed E-state index contributed by atoms with van der Waals surface area (Å²) in [6.07, 6.45) is -4.98. The molecule has 0 saturated carbocycles. The normalized spacial score (nSPS) is 14.2. The Kier molecular flexibility index (Phi) is 3.25. The van der Waals surface area contributed by atoms with Crippen LogP contribution in [0.15, 0.2) is 12.1 Å². The molecule has 1 aliphatic heterocycles. The van der Waals surface area contributed by atoms with Crippen molar-refractivity contribution >= 4 is 23.2 Å². The molecule has 1 aromatic rings. The minimum absolute atomic E-state index is 0.0585. The highest BCUT2D eigenvalue weighted by atomic mass is 35.5. The summed E-state index contributed by atoms with van der Waals surface area (Å²) in [6.45, 7) is 0.610. The maximum atomic E-state index is 12.1. The molecule has 1 amide bonds. The quantitative estimate of drug-likeness (QED) is 0.861. The summed E-state index contributed by atoms with van der Waals surface area (Å²) >= 11 is 5.74. The van der Waals surface area contributed by atoms with E-state index in [0.29, 0.717) is 12.4 Å². The van der Waals surface area contributed by atoms with E-state index in [-0.39, 0.29) is 23.1 Å². The van der Waals surface area contributed by atoms with Gasteiger partial charge in [0, 0.05) is 12.1 Å². The van der Waals surface area contributed by atoms with Crippen LogP contribution in [0.25, 0.3) is 0 Å². The molecular weight excluding hydrogens is 275 g/mol. The molecule has 0 aromatic heterocycles. The zero-order chi connectivity index (χ0) is 13.3. The van der Waals surface area contributed by atoms with Crippen molar-refractivity contribution in [3.63, 3.8) is 0 Å². The summed E-state index contributed by atoms with van der Waals surface area (Å²) in [5.41, 5.74) is -0.178. The van der Waals surface area contributed by atoms with E-state index in [4.69, 9.17) is 21.1 Å². The third-order valence-corrected chi connectivity index (χ3v) is 2.45. The zero-order valence-electron chi connectivity index (χ0n) is 8.81. The van der Waals surface area contributed by atoms with Crippen molar-refractivity contribution < 1.29 is 27.4 Å². The first-order valence-electron chi connectivity index (χ1n) is 4.85. The smallest absolute Gasteiger partial charge is 0.471 e. The molecule has 0 aliphatic carbocycles. The summed E-state index contributed by atoms with van der Waals surface area (Å²) in [5.74, 6) is -1.53. The van der Waals surface area contributed by atoms with Gasteiger partial charge in [0.15, 0.2) is 11.5 Å². The van der Waals surface area contributed by atoms with Gasteiger partial charge in [-0.3, -0.25) is 4.79 Å². The number of fused-ring (bicyclic) bond motifs is 1. The Bertz CT molecular complexity index is 490. The van der Waals surface area contributed by atoms with Gasteiger partial charge in [-0.1, -0.05) is 11.6 Å². The molecule has 1 heterocycles. The topological polar surface area (TPSA) is 47.6 Å². The minimum atomic E-state index is -4.98. The van der Waals surface area contributed by atoms with E-state index in [0.717, 1.165) is 0 Å². The van der Waals surface area contributed by atoms with Gasteiger partial charge in [-0.15, -0.1) is 0 Å². The van der Waals surface area contributed by atoms with Gasteiger partial charge in [0.1, 0.15) is 13.2 Å². The number of halogens is 4. The van der Waals surface area contributed by atoms with E-state index in [2.05, 4.69) is 0 Å². The van der Waals surface area contributed by atoms with E-state index < -0.39 is 12.1 Å². The van der Waals surface area contributed by atoms with Crippen molar-refractivity contribution in [2.45, 2.75) is 6.18 Å². The highest BCUT2D eigenvalue weighted by Crippen LogP contribution is 2.38. The van der Waals surface area contributed by atoms with Crippen LogP contribution >= 0.6 is 11.6 Å². The third-order valence-electron chi connectivity index (χ3n) is 2.14. The van der Waals surface area contributed by atoms with Gasteiger partial charge in [-0.25, -0.2) is 0 Å². The van der Waals surface area contributed by atoms with E-state index >= 15 is 0 Å². The fraction of sp³-hybridized carbons (Fsp3) is 0.300. The van der Waals surface area contributed by atoms with Gasteiger partial charge in [-0.05, 0) is 0 Å². The first-order valence-corrected chi connectivity index (χ1v) is 5.23. The molecular formula is C10H7ClF3NO3. The molecule has 0 unspecified atom stereocenters. The number of anilines is 1. The van der Waals surface area contributed by atoms with Crippen LogP contribution in [0.3, 0.4) is 0 Å². The number of hydrogen-bond acceptors (Lipinski definition) is 3. The second-order valence-electron chi connectivity index (χ2n) is 3.43. The summed E-state index contributed by atoms with van der Waals surface area (Å²) in [4.78, 5) is 10.8. The highest BCUT2D eigenvalue weighted by molar-refractivity contribution is 6.34. The zero-order valence-corrected chi connectivity index (χ0v) is 9.56. The Morgan fingerprint density at radius 1 is 1.22 bits per heavy atom. The Balaban J connectivity index is 2.26. The molecule has 1 aromatic carbocycles.